The summed E-state index contributed by atoms with van der Waals surface area (Å²) in [5, 5.41) is 5.64. The highest BCUT2D eigenvalue weighted by molar-refractivity contribution is 7.99. The van der Waals surface area contributed by atoms with Gasteiger partial charge < -0.3 is 9.80 Å². The first-order chi connectivity index (χ1) is 17.5. The number of piperazine rings is 1. The summed E-state index contributed by atoms with van der Waals surface area (Å²) in [4.78, 5) is 35.7. The lowest BCUT2D eigenvalue weighted by Gasteiger charge is -2.36. The summed E-state index contributed by atoms with van der Waals surface area (Å²) < 4.78 is 3.46. The van der Waals surface area contributed by atoms with Crippen molar-refractivity contribution < 1.29 is 4.79 Å². The van der Waals surface area contributed by atoms with Gasteiger partial charge in [-0.2, -0.15) is 5.10 Å². The SMILES string of the molecule is Cc1ccc(-n2ncc3c(=O)n4c(nc32)SCC4CC(=O)N2CCN(c3ccccc3)CC2)c(C)c1. The van der Waals surface area contributed by atoms with Crippen LogP contribution in [0.15, 0.2) is 64.7 Å². The highest BCUT2D eigenvalue weighted by Crippen LogP contribution is 2.34. The Balaban J connectivity index is 1.21. The standard InChI is InChI=1S/C27H28N6O2S/c1-18-8-9-23(19(2)14-18)33-25-22(16-28-33)26(35)32-21(17-36-27(32)29-25)15-24(34)31-12-10-30(11-13-31)20-6-4-3-5-7-20/h3-9,14,16,21H,10-13,15,17H2,1-2H3. The number of thioether (sulfide) groups is 1. The van der Waals surface area contributed by atoms with Crippen LogP contribution >= 0.6 is 11.8 Å². The van der Waals surface area contributed by atoms with Crippen LogP contribution in [0.4, 0.5) is 5.69 Å². The molecule has 0 bridgehead atoms. The van der Waals surface area contributed by atoms with E-state index in [4.69, 9.17) is 4.98 Å². The molecule has 2 aromatic carbocycles. The number of para-hydroxylation sites is 1. The molecule has 0 saturated carbocycles. The average Bonchev–Trinajstić information content (AvgIpc) is 3.50. The van der Waals surface area contributed by atoms with Crippen LogP contribution < -0.4 is 10.5 Å². The number of carbonyl (C=O) groups excluding carboxylic acids is 1. The van der Waals surface area contributed by atoms with Crippen LogP contribution in [0.25, 0.3) is 16.7 Å². The minimum absolute atomic E-state index is 0.0964. The molecule has 4 aromatic rings. The van der Waals surface area contributed by atoms with Crippen LogP contribution in [0, 0.1) is 13.8 Å². The molecule has 1 saturated heterocycles. The van der Waals surface area contributed by atoms with E-state index in [1.165, 1.54) is 23.0 Å². The maximum Gasteiger partial charge on any atom is 0.265 e. The maximum atomic E-state index is 13.5. The molecule has 1 atom stereocenters. The van der Waals surface area contributed by atoms with E-state index in [2.05, 4.69) is 35.1 Å². The zero-order valence-electron chi connectivity index (χ0n) is 20.4. The van der Waals surface area contributed by atoms with Crippen LogP contribution in [0.2, 0.25) is 0 Å². The van der Waals surface area contributed by atoms with Crippen LogP contribution in [-0.2, 0) is 4.79 Å². The molecule has 8 nitrogen and oxygen atoms in total. The van der Waals surface area contributed by atoms with E-state index in [1.807, 2.05) is 42.2 Å². The molecule has 0 N–H and O–H groups in total. The number of hydrogen-bond donors (Lipinski definition) is 0. The second-order valence-electron chi connectivity index (χ2n) is 9.53. The third-order valence-electron chi connectivity index (χ3n) is 7.12. The van der Waals surface area contributed by atoms with Crippen molar-refractivity contribution >= 4 is 34.4 Å². The first-order valence-corrected chi connectivity index (χ1v) is 13.3. The van der Waals surface area contributed by atoms with Gasteiger partial charge in [-0.1, -0.05) is 47.7 Å². The maximum absolute atomic E-state index is 13.5. The van der Waals surface area contributed by atoms with Gasteiger partial charge in [0, 0.05) is 44.0 Å². The quantitative estimate of drug-likeness (QED) is 0.399. The lowest BCUT2D eigenvalue weighted by molar-refractivity contribution is -0.132. The molecule has 184 valence electrons. The first-order valence-electron chi connectivity index (χ1n) is 12.3. The molecule has 2 aliphatic heterocycles. The number of benzene rings is 2. The topological polar surface area (TPSA) is 76.3 Å². The molecule has 0 spiro atoms. The number of fused-ring (bicyclic) bond motifs is 2. The van der Waals surface area contributed by atoms with Crippen molar-refractivity contribution in [3.63, 3.8) is 0 Å². The number of rotatable bonds is 4. The zero-order valence-corrected chi connectivity index (χ0v) is 21.2. The van der Waals surface area contributed by atoms with Gasteiger partial charge in [0.15, 0.2) is 10.8 Å². The predicted molar refractivity (Wildman–Crippen MR) is 142 cm³/mol. The second kappa shape index (κ2) is 9.13. The van der Waals surface area contributed by atoms with Crippen molar-refractivity contribution in [2.75, 3.05) is 36.8 Å². The van der Waals surface area contributed by atoms with Gasteiger partial charge in [0.05, 0.1) is 17.9 Å². The number of hydrogen-bond acceptors (Lipinski definition) is 6. The van der Waals surface area contributed by atoms with Gasteiger partial charge in [0.25, 0.3) is 5.56 Å². The van der Waals surface area contributed by atoms with Crippen LogP contribution in [-0.4, -0.2) is 62.1 Å². The third-order valence-corrected chi connectivity index (χ3v) is 8.21. The second-order valence-corrected chi connectivity index (χ2v) is 10.5. The molecule has 9 heteroatoms. The Morgan fingerprint density at radius 1 is 1.06 bits per heavy atom. The average molecular weight is 501 g/mol. The molecule has 1 unspecified atom stereocenters. The molecule has 1 amide bonds. The number of carbonyl (C=O) groups is 1. The van der Waals surface area contributed by atoms with Crippen molar-refractivity contribution in [3.8, 4) is 5.69 Å². The van der Waals surface area contributed by atoms with E-state index in [-0.39, 0.29) is 17.5 Å². The van der Waals surface area contributed by atoms with Gasteiger partial charge in [0.2, 0.25) is 5.91 Å². The molecule has 36 heavy (non-hydrogen) atoms. The van der Waals surface area contributed by atoms with E-state index in [0.717, 1.165) is 24.3 Å². The first kappa shape index (κ1) is 22.8. The Morgan fingerprint density at radius 2 is 1.83 bits per heavy atom. The van der Waals surface area contributed by atoms with E-state index >= 15 is 0 Å². The lowest BCUT2D eigenvalue weighted by Crippen LogP contribution is -2.49. The molecule has 1 fully saturated rings. The fourth-order valence-electron chi connectivity index (χ4n) is 5.18. The van der Waals surface area contributed by atoms with E-state index in [9.17, 15) is 9.59 Å². The number of anilines is 1. The Labute approximate surface area is 213 Å². The molecule has 2 aromatic heterocycles. The summed E-state index contributed by atoms with van der Waals surface area (Å²) in [5.74, 6) is 0.765. The molecular weight excluding hydrogens is 472 g/mol. The Morgan fingerprint density at radius 3 is 2.58 bits per heavy atom. The van der Waals surface area contributed by atoms with E-state index in [1.54, 1.807) is 15.4 Å². The summed E-state index contributed by atoms with van der Waals surface area (Å²) in [5.41, 5.74) is 4.79. The third kappa shape index (κ3) is 3.97. The molecule has 6 rings (SSSR count). The summed E-state index contributed by atoms with van der Waals surface area (Å²) in [6, 6.07) is 16.2. The van der Waals surface area contributed by atoms with Crippen molar-refractivity contribution in [3.05, 3.63) is 76.2 Å². The van der Waals surface area contributed by atoms with Gasteiger partial charge in [-0.05, 0) is 37.6 Å². The van der Waals surface area contributed by atoms with Crippen molar-refractivity contribution in [2.24, 2.45) is 0 Å². The Bertz CT molecular complexity index is 1500. The summed E-state index contributed by atoms with van der Waals surface area (Å²) >= 11 is 1.54. The summed E-state index contributed by atoms with van der Waals surface area (Å²) in [7, 11) is 0. The van der Waals surface area contributed by atoms with Crippen molar-refractivity contribution in [1.82, 2.24) is 24.2 Å². The van der Waals surface area contributed by atoms with Crippen LogP contribution in [0.1, 0.15) is 23.6 Å². The number of nitrogens with zero attached hydrogens (tertiary/aromatic N) is 6. The minimum atomic E-state index is -0.196. The zero-order chi connectivity index (χ0) is 24.8. The highest BCUT2D eigenvalue weighted by Gasteiger charge is 2.32. The van der Waals surface area contributed by atoms with Crippen LogP contribution in [0.5, 0.6) is 0 Å². The fraction of sp³-hybridized carbons (Fsp3) is 0.333. The Hall–Kier alpha value is -3.59. The van der Waals surface area contributed by atoms with Gasteiger partial charge in [0.1, 0.15) is 5.39 Å². The minimum Gasteiger partial charge on any atom is -0.368 e. The largest absolute Gasteiger partial charge is 0.368 e. The molecule has 2 aliphatic rings. The van der Waals surface area contributed by atoms with Gasteiger partial charge in [-0.3, -0.25) is 14.2 Å². The van der Waals surface area contributed by atoms with Gasteiger partial charge >= 0.3 is 0 Å². The highest BCUT2D eigenvalue weighted by atomic mass is 32.2. The lowest BCUT2D eigenvalue weighted by atomic mass is 10.1. The molecular formula is C27H28N6O2S. The summed E-state index contributed by atoms with van der Waals surface area (Å²) in [6.45, 7) is 7.09. The van der Waals surface area contributed by atoms with Gasteiger partial charge in [-0.25, -0.2) is 9.67 Å². The molecule has 0 aliphatic carbocycles. The summed E-state index contributed by atoms with van der Waals surface area (Å²) in [6.07, 6.45) is 1.91. The Kier molecular flexibility index (Phi) is 5.79. The van der Waals surface area contributed by atoms with E-state index < -0.39 is 0 Å². The number of amides is 1. The smallest absolute Gasteiger partial charge is 0.265 e. The monoisotopic (exact) mass is 500 g/mol. The molecule has 4 heterocycles. The fourth-order valence-corrected chi connectivity index (χ4v) is 6.31. The predicted octanol–water partition coefficient (Wildman–Crippen LogP) is 3.58. The number of aryl methyl sites for hydroxylation is 2. The van der Waals surface area contributed by atoms with E-state index in [0.29, 0.717) is 41.5 Å². The van der Waals surface area contributed by atoms with Crippen molar-refractivity contribution in [2.45, 2.75) is 31.5 Å². The van der Waals surface area contributed by atoms with Crippen molar-refractivity contribution in [1.29, 1.82) is 0 Å². The normalized spacial score (nSPS) is 17.6. The van der Waals surface area contributed by atoms with Crippen LogP contribution in [0.3, 0.4) is 0 Å². The molecule has 0 radical (unpaired) electrons. The number of aromatic nitrogens is 4. The van der Waals surface area contributed by atoms with Gasteiger partial charge in [-0.15, -0.1) is 0 Å².